The molecule has 1 rings (SSSR count). The van der Waals surface area contributed by atoms with Crippen molar-refractivity contribution < 1.29 is 14.2 Å². The minimum atomic E-state index is -0.0219. The van der Waals surface area contributed by atoms with Crippen molar-refractivity contribution in [3.05, 3.63) is 24.3 Å². The van der Waals surface area contributed by atoms with Gasteiger partial charge >= 0.3 is 0 Å². The predicted molar refractivity (Wildman–Crippen MR) is 72.4 cm³/mol. The van der Waals surface area contributed by atoms with E-state index in [-0.39, 0.29) is 6.10 Å². The first-order valence-electron chi connectivity index (χ1n) is 6.33. The van der Waals surface area contributed by atoms with E-state index in [1.54, 1.807) is 7.11 Å². The molecule has 4 heteroatoms. The Morgan fingerprint density at radius 2 is 1.94 bits per heavy atom. The van der Waals surface area contributed by atoms with E-state index < -0.39 is 0 Å². The summed E-state index contributed by atoms with van der Waals surface area (Å²) in [5.74, 6) is 1.56. The van der Waals surface area contributed by atoms with Crippen LogP contribution in [-0.4, -0.2) is 40.0 Å². The zero-order valence-electron chi connectivity index (χ0n) is 11.4. The van der Waals surface area contributed by atoms with Gasteiger partial charge in [0.25, 0.3) is 0 Å². The zero-order valence-corrected chi connectivity index (χ0v) is 11.4. The Hall–Kier alpha value is -1.26. The number of rotatable bonds is 9. The van der Waals surface area contributed by atoms with Gasteiger partial charge in [0.1, 0.15) is 6.10 Å². The summed E-state index contributed by atoms with van der Waals surface area (Å²) in [5, 5.41) is 3.09. The second kappa shape index (κ2) is 8.78. The molecule has 0 saturated heterocycles. The van der Waals surface area contributed by atoms with Crippen molar-refractivity contribution in [3.8, 4) is 11.5 Å². The lowest BCUT2D eigenvalue weighted by atomic mass is 10.3. The third-order valence-electron chi connectivity index (χ3n) is 2.39. The summed E-state index contributed by atoms with van der Waals surface area (Å²) in [4.78, 5) is 0. The Kier molecular flexibility index (Phi) is 7.22. The van der Waals surface area contributed by atoms with Gasteiger partial charge in [0.2, 0.25) is 0 Å². The minimum Gasteiger partial charge on any atom is -0.490 e. The molecular weight excluding hydrogens is 230 g/mol. The molecule has 1 atom stereocenters. The molecule has 0 saturated carbocycles. The van der Waals surface area contributed by atoms with Crippen LogP contribution in [0.3, 0.4) is 0 Å². The third-order valence-corrected chi connectivity index (χ3v) is 2.39. The zero-order chi connectivity index (χ0) is 13.2. The first kappa shape index (κ1) is 14.8. The Bertz CT molecular complexity index is 325. The molecular formula is C14H23NO3. The Balaban J connectivity index is 2.67. The number of ether oxygens (including phenoxy) is 3. The number of para-hydroxylation sites is 2. The number of nitrogens with one attached hydrogen (secondary N) is 1. The van der Waals surface area contributed by atoms with Gasteiger partial charge in [-0.25, -0.2) is 0 Å². The highest BCUT2D eigenvalue weighted by atomic mass is 16.5. The number of hydrogen-bond donors (Lipinski definition) is 1. The van der Waals surface area contributed by atoms with E-state index in [1.165, 1.54) is 0 Å². The van der Waals surface area contributed by atoms with Gasteiger partial charge in [0.05, 0.1) is 13.2 Å². The summed E-state index contributed by atoms with van der Waals surface area (Å²) in [6.45, 7) is 4.05. The lowest BCUT2D eigenvalue weighted by Gasteiger charge is -2.20. The van der Waals surface area contributed by atoms with Crippen LogP contribution in [0.1, 0.15) is 13.3 Å². The topological polar surface area (TPSA) is 39.7 Å². The number of methoxy groups -OCH3 is 1. The molecule has 1 aromatic carbocycles. The van der Waals surface area contributed by atoms with Crippen LogP contribution in [-0.2, 0) is 4.74 Å². The lowest BCUT2D eigenvalue weighted by Crippen LogP contribution is -2.33. The van der Waals surface area contributed by atoms with Crippen LogP contribution in [0.2, 0.25) is 0 Å². The standard InChI is InChI=1S/C14H23NO3/c1-4-9-17-13-7-5-6-8-14(13)18-12(10-15-2)11-16-3/h5-8,12,15H,4,9-11H2,1-3H3. The molecule has 4 nitrogen and oxygen atoms in total. The largest absolute Gasteiger partial charge is 0.490 e. The molecule has 102 valence electrons. The number of benzene rings is 1. The normalized spacial score (nSPS) is 12.2. The molecule has 0 heterocycles. The maximum Gasteiger partial charge on any atom is 0.161 e. The second-order valence-electron chi connectivity index (χ2n) is 4.05. The highest BCUT2D eigenvalue weighted by molar-refractivity contribution is 5.39. The molecule has 0 bridgehead atoms. The Morgan fingerprint density at radius 1 is 1.22 bits per heavy atom. The van der Waals surface area contributed by atoms with Crippen LogP contribution >= 0.6 is 0 Å². The predicted octanol–water partition coefficient (Wildman–Crippen LogP) is 2.09. The molecule has 0 fully saturated rings. The first-order valence-corrected chi connectivity index (χ1v) is 6.33. The molecule has 0 spiro atoms. The summed E-state index contributed by atoms with van der Waals surface area (Å²) in [6.07, 6.45) is 0.957. The molecule has 0 aliphatic carbocycles. The average Bonchev–Trinajstić information content (AvgIpc) is 2.38. The number of hydrogen-bond acceptors (Lipinski definition) is 4. The van der Waals surface area contributed by atoms with E-state index in [2.05, 4.69) is 12.2 Å². The SMILES string of the molecule is CCCOc1ccccc1OC(CNC)COC. The van der Waals surface area contributed by atoms with Crippen LogP contribution < -0.4 is 14.8 Å². The van der Waals surface area contributed by atoms with Crippen LogP contribution in [0.4, 0.5) is 0 Å². The van der Waals surface area contributed by atoms with Gasteiger partial charge in [-0.3, -0.25) is 0 Å². The number of likely N-dealkylation sites (N-methyl/N-ethyl adjacent to an activating group) is 1. The minimum absolute atomic E-state index is 0.0219. The van der Waals surface area contributed by atoms with E-state index in [0.717, 1.165) is 24.5 Å². The summed E-state index contributed by atoms with van der Waals surface area (Å²) >= 11 is 0. The van der Waals surface area contributed by atoms with Crippen molar-refractivity contribution in [3.63, 3.8) is 0 Å². The molecule has 0 radical (unpaired) electrons. The Labute approximate surface area is 109 Å². The second-order valence-corrected chi connectivity index (χ2v) is 4.05. The van der Waals surface area contributed by atoms with Crippen molar-refractivity contribution in [2.24, 2.45) is 0 Å². The summed E-state index contributed by atoms with van der Waals surface area (Å²) in [7, 11) is 3.57. The van der Waals surface area contributed by atoms with Gasteiger partial charge in [-0.15, -0.1) is 0 Å². The van der Waals surface area contributed by atoms with Gasteiger partial charge in [-0.2, -0.15) is 0 Å². The van der Waals surface area contributed by atoms with Crippen LogP contribution in [0.5, 0.6) is 11.5 Å². The fourth-order valence-electron chi connectivity index (χ4n) is 1.61. The van der Waals surface area contributed by atoms with Gasteiger partial charge in [-0.05, 0) is 25.6 Å². The fraction of sp³-hybridized carbons (Fsp3) is 0.571. The molecule has 0 aliphatic rings. The van der Waals surface area contributed by atoms with Gasteiger partial charge in [0, 0.05) is 13.7 Å². The lowest BCUT2D eigenvalue weighted by molar-refractivity contribution is 0.0792. The summed E-state index contributed by atoms with van der Waals surface area (Å²) in [5.41, 5.74) is 0. The molecule has 1 aromatic rings. The molecule has 0 amide bonds. The van der Waals surface area contributed by atoms with Crippen molar-refractivity contribution in [1.82, 2.24) is 5.32 Å². The fourth-order valence-corrected chi connectivity index (χ4v) is 1.61. The summed E-state index contributed by atoms with van der Waals surface area (Å²) < 4.78 is 16.7. The first-order chi connectivity index (χ1) is 8.81. The molecule has 1 N–H and O–H groups in total. The van der Waals surface area contributed by atoms with E-state index >= 15 is 0 Å². The smallest absolute Gasteiger partial charge is 0.161 e. The summed E-state index contributed by atoms with van der Waals surface area (Å²) in [6, 6.07) is 7.73. The van der Waals surface area contributed by atoms with E-state index in [1.807, 2.05) is 31.3 Å². The quantitative estimate of drug-likeness (QED) is 0.731. The molecule has 18 heavy (non-hydrogen) atoms. The van der Waals surface area contributed by atoms with Gasteiger partial charge in [-0.1, -0.05) is 19.1 Å². The van der Waals surface area contributed by atoms with Crippen LogP contribution in [0.25, 0.3) is 0 Å². The Morgan fingerprint density at radius 3 is 2.56 bits per heavy atom. The highest BCUT2D eigenvalue weighted by Crippen LogP contribution is 2.27. The van der Waals surface area contributed by atoms with Crippen LogP contribution in [0, 0.1) is 0 Å². The van der Waals surface area contributed by atoms with E-state index in [9.17, 15) is 0 Å². The van der Waals surface area contributed by atoms with Crippen molar-refractivity contribution in [2.45, 2.75) is 19.4 Å². The van der Waals surface area contributed by atoms with Gasteiger partial charge in [0.15, 0.2) is 11.5 Å². The maximum absolute atomic E-state index is 5.91. The van der Waals surface area contributed by atoms with Crippen molar-refractivity contribution in [2.75, 3.05) is 33.9 Å². The van der Waals surface area contributed by atoms with Crippen LogP contribution in [0.15, 0.2) is 24.3 Å². The van der Waals surface area contributed by atoms with E-state index in [4.69, 9.17) is 14.2 Å². The third kappa shape index (κ3) is 4.94. The molecule has 0 aliphatic heterocycles. The highest BCUT2D eigenvalue weighted by Gasteiger charge is 2.12. The van der Waals surface area contributed by atoms with Gasteiger partial charge < -0.3 is 19.5 Å². The molecule has 0 aromatic heterocycles. The molecule has 1 unspecified atom stereocenters. The van der Waals surface area contributed by atoms with Crippen molar-refractivity contribution in [1.29, 1.82) is 0 Å². The average molecular weight is 253 g/mol. The maximum atomic E-state index is 5.91. The monoisotopic (exact) mass is 253 g/mol. The van der Waals surface area contributed by atoms with E-state index in [0.29, 0.717) is 13.2 Å². The van der Waals surface area contributed by atoms with Crippen molar-refractivity contribution >= 4 is 0 Å².